The van der Waals surface area contributed by atoms with Crippen molar-refractivity contribution in [2.45, 2.75) is 25.1 Å². The fourth-order valence-electron chi connectivity index (χ4n) is 3.46. The van der Waals surface area contributed by atoms with Gasteiger partial charge in [-0.15, -0.1) is 6.42 Å². The van der Waals surface area contributed by atoms with Crippen LogP contribution in [0.5, 0.6) is 0 Å². The highest BCUT2D eigenvalue weighted by atomic mass is 16.3. The first-order valence-corrected chi connectivity index (χ1v) is 8.95. The van der Waals surface area contributed by atoms with Crippen molar-refractivity contribution < 1.29 is 5.11 Å². The first-order chi connectivity index (χ1) is 13.1. The van der Waals surface area contributed by atoms with Gasteiger partial charge < -0.3 is 16.2 Å². The Balaban J connectivity index is 1.62. The monoisotopic (exact) mass is 362 g/mol. The van der Waals surface area contributed by atoms with E-state index in [0.717, 1.165) is 35.3 Å². The summed E-state index contributed by atoms with van der Waals surface area (Å²) in [5, 5.41) is 17.7. The Morgan fingerprint density at radius 1 is 1.37 bits per heavy atom. The third-order valence-corrected chi connectivity index (χ3v) is 4.94. The van der Waals surface area contributed by atoms with Gasteiger partial charge >= 0.3 is 0 Å². The minimum atomic E-state index is -0.493. The van der Waals surface area contributed by atoms with E-state index >= 15 is 0 Å². The van der Waals surface area contributed by atoms with E-state index in [4.69, 9.17) is 12.2 Å². The maximum absolute atomic E-state index is 10.1. The topological polar surface area (TPSA) is 91.7 Å². The minimum absolute atomic E-state index is 0.143. The predicted octanol–water partition coefficient (Wildman–Crippen LogP) is 1.35. The van der Waals surface area contributed by atoms with Crippen LogP contribution < -0.4 is 11.1 Å². The van der Waals surface area contributed by atoms with Crippen molar-refractivity contribution in [3.8, 4) is 12.3 Å². The van der Waals surface area contributed by atoms with Gasteiger partial charge in [-0.25, -0.2) is 9.50 Å². The Labute approximate surface area is 157 Å². The molecule has 0 saturated carbocycles. The molecule has 0 unspecified atom stereocenters. The molecule has 4 rings (SSSR count). The van der Waals surface area contributed by atoms with E-state index in [2.05, 4.69) is 26.2 Å². The molecule has 0 aliphatic carbocycles. The number of nitrogens with one attached hydrogen (secondary N) is 1. The second kappa shape index (κ2) is 7.37. The van der Waals surface area contributed by atoms with Crippen LogP contribution in [0.2, 0.25) is 0 Å². The van der Waals surface area contributed by atoms with Crippen LogP contribution in [0.25, 0.3) is 5.52 Å². The van der Waals surface area contributed by atoms with Gasteiger partial charge in [0.2, 0.25) is 0 Å². The summed E-state index contributed by atoms with van der Waals surface area (Å²) in [5.41, 5.74) is 9.59. The number of hydrogen-bond acceptors (Lipinski definition) is 6. The van der Waals surface area contributed by atoms with Crippen LogP contribution in [0.1, 0.15) is 17.5 Å². The molecule has 0 spiro atoms. The van der Waals surface area contributed by atoms with Crippen LogP contribution in [-0.4, -0.2) is 49.8 Å². The summed E-state index contributed by atoms with van der Waals surface area (Å²) >= 11 is 0. The molecule has 1 aliphatic rings. The number of β-amino-alcohol motifs (C(OH)–C–C–N with tert-alkyl or cyclic N) is 1. The molecule has 2 aromatic heterocycles. The Hall–Kier alpha value is -2.92. The summed E-state index contributed by atoms with van der Waals surface area (Å²) < 4.78 is 1.81. The van der Waals surface area contributed by atoms with Crippen LogP contribution in [0.15, 0.2) is 42.9 Å². The fourth-order valence-corrected chi connectivity index (χ4v) is 3.46. The summed E-state index contributed by atoms with van der Waals surface area (Å²) in [6.45, 7) is 2.13. The van der Waals surface area contributed by atoms with Gasteiger partial charge in [0.25, 0.3) is 0 Å². The molecule has 0 bridgehead atoms. The van der Waals surface area contributed by atoms with Gasteiger partial charge in [0.05, 0.1) is 6.10 Å². The zero-order valence-corrected chi connectivity index (χ0v) is 14.9. The summed E-state index contributed by atoms with van der Waals surface area (Å²) in [6, 6.07) is 9.54. The number of benzene rings is 1. The number of aliphatic hydroxyl groups is 1. The van der Waals surface area contributed by atoms with E-state index in [1.54, 1.807) is 0 Å². The highest BCUT2D eigenvalue weighted by molar-refractivity contribution is 5.76. The van der Waals surface area contributed by atoms with Gasteiger partial charge in [0.1, 0.15) is 11.8 Å². The quantitative estimate of drug-likeness (QED) is 0.607. The molecule has 138 valence electrons. The predicted molar refractivity (Wildman–Crippen MR) is 105 cm³/mol. The average Bonchev–Trinajstić information content (AvgIpc) is 3.09. The number of aliphatic hydroxyl groups excluding tert-OH is 1. The molecule has 1 aromatic carbocycles. The van der Waals surface area contributed by atoms with E-state index in [9.17, 15) is 5.11 Å². The lowest BCUT2D eigenvalue weighted by Crippen LogP contribution is -2.50. The number of terminal acetylenes is 1. The third-order valence-electron chi connectivity index (χ3n) is 4.94. The summed E-state index contributed by atoms with van der Waals surface area (Å²) in [6.07, 6.45) is 9.23. The number of piperidine rings is 1. The highest BCUT2D eigenvalue weighted by Gasteiger charge is 2.25. The maximum Gasteiger partial charge on any atom is 0.158 e. The Morgan fingerprint density at radius 2 is 2.26 bits per heavy atom. The van der Waals surface area contributed by atoms with Gasteiger partial charge in [-0.05, 0) is 36.2 Å². The normalized spacial score (nSPS) is 20.5. The summed E-state index contributed by atoms with van der Waals surface area (Å²) in [4.78, 5) is 6.64. The average molecular weight is 362 g/mol. The lowest BCUT2D eigenvalue weighted by molar-refractivity contribution is 0.0501. The number of rotatable bonds is 4. The van der Waals surface area contributed by atoms with Crippen molar-refractivity contribution in [1.29, 1.82) is 0 Å². The Kier molecular flexibility index (Phi) is 4.77. The summed E-state index contributed by atoms with van der Waals surface area (Å²) in [7, 11) is 0. The third kappa shape index (κ3) is 3.64. The van der Waals surface area contributed by atoms with Crippen LogP contribution in [0.3, 0.4) is 0 Å². The highest BCUT2D eigenvalue weighted by Crippen LogP contribution is 2.25. The molecule has 4 N–H and O–H groups in total. The van der Waals surface area contributed by atoms with E-state index in [1.807, 2.05) is 41.0 Å². The van der Waals surface area contributed by atoms with E-state index < -0.39 is 6.10 Å². The lowest BCUT2D eigenvalue weighted by Gasteiger charge is -2.33. The second-order valence-corrected chi connectivity index (χ2v) is 6.85. The van der Waals surface area contributed by atoms with Gasteiger partial charge in [-0.2, -0.15) is 5.10 Å². The SMILES string of the molecule is C#Cc1cccc(Nc2ncnn3ccc(CN4CC[C@H](N)[C@H](O)C4)c23)c1. The minimum Gasteiger partial charge on any atom is -0.390 e. The molecule has 1 saturated heterocycles. The van der Waals surface area contributed by atoms with Crippen LogP contribution in [0.4, 0.5) is 11.5 Å². The number of aromatic nitrogens is 3. The van der Waals surface area contributed by atoms with Crippen molar-refractivity contribution >= 4 is 17.0 Å². The number of nitrogens with zero attached hydrogens (tertiary/aromatic N) is 4. The van der Waals surface area contributed by atoms with Crippen molar-refractivity contribution in [2.24, 2.45) is 5.73 Å². The van der Waals surface area contributed by atoms with Gasteiger partial charge in [0, 0.05) is 43.1 Å². The van der Waals surface area contributed by atoms with Gasteiger partial charge in [-0.1, -0.05) is 12.0 Å². The Bertz CT molecular complexity index is 992. The largest absolute Gasteiger partial charge is 0.390 e. The molecule has 3 heterocycles. The number of hydrogen-bond donors (Lipinski definition) is 3. The van der Waals surface area contributed by atoms with Crippen LogP contribution >= 0.6 is 0 Å². The summed E-state index contributed by atoms with van der Waals surface area (Å²) in [5.74, 6) is 3.36. The zero-order valence-electron chi connectivity index (χ0n) is 14.9. The van der Waals surface area contributed by atoms with Crippen molar-refractivity contribution in [2.75, 3.05) is 18.4 Å². The van der Waals surface area contributed by atoms with Gasteiger partial charge in [-0.3, -0.25) is 4.90 Å². The molecular formula is C20H22N6O. The van der Waals surface area contributed by atoms with E-state index in [0.29, 0.717) is 18.9 Å². The van der Waals surface area contributed by atoms with Crippen molar-refractivity contribution in [1.82, 2.24) is 19.5 Å². The number of anilines is 2. The number of likely N-dealkylation sites (tertiary alicyclic amines) is 1. The zero-order chi connectivity index (χ0) is 18.8. The van der Waals surface area contributed by atoms with Gasteiger partial charge in [0.15, 0.2) is 5.82 Å². The first kappa shape index (κ1) is 17.5. The van der Waals surface area contributed by atoms with E-state index in [-0.39, 0.29) is 6.04 Å². The molecule has 27 heavy (non-hydrogen) atoms. The fraction of sp³-hybridized carbons (Fsp3) is 0.300. The smallest absolute Gasteiger partial charge is 0.158 e. The standard InChI is InChI=1S/C20H22N6O/c1-2-14-4-3-5-16(10-14)24-20-19-15(6-9-26(19)23-13-22-20)11-25-8-7-17(21)18(27)12-25/h1,3-6,9-10,13,17-18,27H,7-8,11-12,21H2,(H,22,23,24)/t17-,18+/m0/s1. The van der Waals surface area contributed by atoms with Crippen molar-refractivity contribution in [3.63, 3.8) is 0 Å². The molecule has 0 amide bonds. The van der Waals surface area contributed by atoms with Crippen LogP contribution in [0, 0.1) is 12.3 Å². The Morgan fingerprint density at radius 3 is 3.07 bits per heavy atom. The molecule has 1 fully saturated rings. The molecule has 7 heteroatoms. The maximum atomic E-state index is 10.1. The number of fused-ring (bicyclic) bond motifs is 1. The molecule has 0 radical (unpaired) electrons. The second-order valence-electron chi connectivity index (χ2n) is 6.85. The molecule has 1 aliphatic heterocycles. The van der Waals surface area contributed by atoms with Crippen molar-refractivity contribution in [3.05, 3.63) is 54.0 Å². The molecular weight excluding hydrogens is 340 g/mol. The van der Waals surface area contributed by atoms with E-state index in [1.165, 1.54) is 6.33 Å². The van der Waals surface area contributed by atoms with Crippen LogP contribution in [-0.2, 0) is 6.54 Å². The lowest BCUT2D eigenvalue weighted by atomic mass is 10.0. The molecule has 7 nitrogen and oxygen atoms in total. The molecule has 2 atom stereocenters. The first-order valence-electron chi connectivity index (χ1n) is 8.95. The molecule has 3 aromatic rings. The number of nitrogens with two attached hydrogens (primary N) is 1.